The lowest BCUT2D eigenvalue weighted by atomic mass is 9.85. The van der Waals surface area contributed by atoms with Crippen molar-refractivity contribution < 1.29 is 9.53 Å². The van der Waals surface area contributed by atoms with Gasteiger partial charge in [0.15, 0.2) is 5.96 Å². The molecule has 6 heteroatoms. The molecule has 2 fully saturated rings. The Hall–Kier alpha value is -2.24. The number of amides is 1. The number of hydrogen-bond donors (Lipinski definition) is 3. The van der Waals surface area contributed by atoms with E-state index >= 15 is 0 Å². The maximum Gasteiger partial charge on any atom is 0.223 e. The first-order valence-corrected chi connectivity index (χ1v) is 11.3. The zero-order valence-corrected chi connectivity index (χ0v) is 17.5. The number of fused-ring (bicyclic) bond motifs is 1. The highest BCUT2D eigenvalue weighted by atomic mass is 16.5. The Morgan fingerprint density at radius 2 is 1.97 bits per heavy atom. The number of guanidine groups is 1. The van der Waals surface area contributed by atoms with Crippen LogP contribution in [0.25, 0.3) is 0 Å². The van der Waals surface area contributed by atoms with Crippen LogP contribution in [0.3, 0.4) is 0 Å². The Kier molecular flexibility index (Phi) is 6.57. The van der Waals surface area contributed by atoms with E-state index in [0.29, 0.717) is 18.0 Å². The largest absolute Gasteiger partial charge is 0.493 e. The molecule has 3 atom stereocenters. The maximum atomic E-state index is 12.5. The van der Waals surface area contributed by atoms with Gasteiger partial charge in [0.1, 0.15) is 5.75 Å². The van der Waals surface area contributed by atoms with Crippen molar-refractivity contribution in [2.45, 2.75) is 69.9 Å². The lowest BCUT2D eigenvalue weighted by molar-refractivity contribution is -0.126. The summed E-state index contributed by atoms with van der Waals surface area (Å²) in [6.45, 7) is 4.41. The summed E-state index contributed by atoms with van der Waals surface area (Å²) < 4.78 is 5.78. The molecule has 0 bridgehead atoms. The van der Waals surface area contributed by atoms with Crippen LogP contribution in [-0.2, 0) is 4.79 Å². The molecule has 158 valence electrons. The third-order valence-corrected chi connectivity index (χ3v) is 6.21. The van der Waals surface area contributed by atoms with Gasteiger partial charge in [-0.1, -0.05) is 24.6 Å². The highest BCUT2D eigenvalue weighted by molar-refractivity contribution is 5.81. The second-order valence-electron chi connectivity index (χ2n) is 8.58. The van der Waals surface area contributed by atoms with Crippen molar-refractivity contribution in [3.05, 3.63) is 29.8 Å². The van der Waals surface area contributed by atoms with Crippen molar-refractivity contribution in [2.75, 3.05) is 19.7 Å². The third-order valence-electron chi connectivity index (χ3n) is 6.21. The van der Waals surface area contributed by atoms with Crippen molar-refractivity contribution in [3.63, 3.8) is 0 Å². The Balaban J connectivity index is 1.35. The van der Waals surface area contributed by atoms with E-state index in [1.165, 1.54) is 5.56 Å². The van der Waals surface area contributed by atoms with E-state index in [1.54, 1.807) is 0 Å². The van der Waals surface area contributed by atoms with Crippen LogP contribution < -0.4 is 20.7 Å². The summed E-state index contributed by atoms with van der Waals surface area (Å²) in [6, 6.07) is 9.04. The van der Waals surface area contributed by atoms with Crippen LogP contribution in [0, 0.1) is 5.92 Å². The first kappa shape index (κ1) is 20.0. The van der Waals surface area contributed by atoms with Gasteiger partial charge in [0.2, 0.25) is 5.91 Å². The Morgan fingerprint density at radius 1 is 1.10 bits per heavy atom. The van der Waals surface area contributed by atoms with E-state index in [4.69, 9.17) is 9.73 Å². The predicted octanol–water partition coefficient (Wildman–Crippen LogP) is 2.95. The number of ether oxygens (including phenoxy) is 1. The molecule has 1 aromatic carbocycles. The van der Waals surface area contributed by atoms with Crippen LogP contribution in [0.2, 0.25) is 0 Å². The van der Waals surface area contributed by atoms with Gasteiger partial charge in [-0.2, -0.15) is 0 Å². The average molecular weight is 399 g/mol. The topological polar surface area (TPSA) is 74.8 Å². The zero-order valence-electron chi connectivity index (χ0n) is 17.5. The van der Waals surface area contributed by atoms with Gasteiger partial charge in [0.25, 0.3) is 0 Å². The van der Waals surface area contributed by atoms with E-state index in [9.17, 15) is 4.79 Å². The number of para-hydroxylation sites is 1. The first-order chi connectivity index (χ1) is 14.2. The average Bonchev–Trinajstić information content (AvgIpc) is 3.56. The van der Waals surface area contributed by atoms with Crippen molar-refractivity contribution in [2.24, 2.45) is 10.9 Å². The first-order valence-electron chi connectivity index (χ1n) is 11.3. The second-order valence-corrected chi connectivity index (χ2v) is 8.58. The molecular weight excluding hydrogens is 364 g/mol. The molecule has 2 aliphatic carbocycles. The van der Waals surface area contributed by atoms with Crippen LogP contribution >= 0.6 is 0 Å². The van der Waals surface area contributed by atoms with Crippen molar-refractivity contribution in [3.8, 4) is 5.75 Å². The molecule has 0 radical (unpaired) electrons. The maximum absolute atomic E-state index is 12.5. The van der Waals surface area contributed by atoms with Crippen molar-refractivity contribution >= 4 is 11.9 Å². The number of hydrogen-bond acceptors (Lipinski definition) is 3. The fourth-order valence-corrected chi connectivity index (χ4v) is 4.43. The fourth-order valence-electron chi connectivity index (χ4n) is 4.43. The normalized spacial score (nSPS) is 26.8. The molecule has 3 unspecified atom stereocenters. The molecular formula is C23H34N4O2. The van der Waals surface area contributed by atoms with Crippen molar-refractivity contribution in [1.82, 2.24) is 16.0 Å². The lowest BCUT2D eigenvalue weighted by Crippen LogP contribution is -2.47. The van der Waals surface area contributed by atoms with Gasteiger partial charge < -0.3 is 20.7 Å². The van der Waals surface area contributed by atoms with Gasteiger partial charge in [-0.15, -0.1) is 0 Å². The van der Waals surface area contributed by atoms with E-state index in [-0.39, 0.29) is 11.8 Å². The number of nitrogens with one attached hydrogen (secondary N) is 3. The summed E-state index contributed by atoms with van der Waals surface area (Å²) in [5.74, 6) is 2.63. The minimum Gasteiger partial charge on any atom is -0.493 e. The van der Waals surface area contributed by atoms with Crippen molar-refractivity contribution in [1.29, 1.82) is 0 Å². The Morgan fingerprint density at radius 3 is 2.79 bits per heavy atom. The van der Waals surface area contributed by atoms with E-state index < -0.39 is 0 Å². The summed E-state index contributed by atoms with van der Waals surface area (Å²) in [6.07, 6.45) is 7.36. The Bertz CT molecular complexity index is 731. The van der Waals surface area contributed by atoms with Gasteiger partial charge >= 0.3 is 0 Å². The second kappa shape index (κ2) is 9.51. The Labute approximate surface area is 173 Å². The molecule has 3 aliphatic rings. The monoisotopic (exact) mass is 398 g/mol. The van der Waals surface area contributed by atoms with Crippen LogP contribution in [0.15, 0.2) is 29.3 Å². The summed E-state index contributed by atoms with van der Waals surface area (Å²) in [5.41, 5.74) is 1.26. The standard InChI is InChI=1S/C23H34N4O2/c1-2-24-23(25-15-17-12-13-29-21-9-4-3-8-20(17)21)27-19-7-5-6-16(14-19)22(28)26-18-10-11-18/h3-4,8-9,16-19H,2,5-7,10-15H2,1H3,(H,26,28)(H2,24,25,27). The number of aliphatic imine (C=N–C) groups is 1. The zero-order chi connectivity index (χ0) is 20.1. The van der Waals surface area contributed by atoms with Crippen LogP contribution in [0.4, 0.5) is 0 Å². The SMILES string of the molecule is CCNC(=NCC1CCOc2ccccc21)NC1CCCC(C(=O)NC2CC2)C1. The molecule has 0 aromatic heterocycles. The predicted molar refractivity (Wildman–Crippen MR) is 115 cm³/mol. The van der Waals surface area contributed by atoms with Gasteiger partial charge in [0, 0.05) is 37.0 Å². The van der Waals surface area contributed by atoms with Gasteiger partial charge in [-0.3, -0.25) is 9.79 Å². The third kappa shape index (κ3) is 5.43. The summed E-state index contributed by atoms with van der Waals surface area (Å²) in [7, 11) is 0. The number of carbonyl (C=O) groups is 1. The van der Waals surface area contributed by atoms with E-state index in [0.717, 1.165) is 76.4 Å². The molecule has 4 rings (SSSR count). The number of benzene rings is 1. The fraction of sp³-hybridized carbons (Fsp3) is 0.652. The van der Waals surface area contributed by atoms with E-state index in [2.05, 4.69) is 35.0 Å². The molecule has 6 nitrogen and oxygen atoms in total. The highest BCUT2D eigenvalue weighted by Gasteiger charge is 2.31. The minimum atomic E-state index is 0.132. The lowest BCUT2D eigenvalue weighted by Gasteiger charge is -2.30. The number of nitrogens with zero attached hydrogens (tertiary/aromatic N) is 1. The van der Waals surface area contributed by atoms with Crippen LogP contribution in [-0.4, -0.2) is 43.6 Å². The van der Waals surface area contributed by atoms with Crippen LogP contribution in [0.5, 0.6) is 5.75 Å². The molecule has 29 heavy (non-hydrogen) atoms. The molecule has 1 heterocycles. The van der Waals surface area contributed by atoms with Gasteiger partial charge in [-0.05, 0) is 57.1 Å². The smallest absolute Gasteiger partial charge is 0.223 e. The molecule has 3 N–H and O–H groups in total. The quantitative estimate of drug-likeness (QED) is 0.509. The molecule has 0 saturated heterocycles. The number of rotatable bonds is 6. The summed E-state index contributed by atoms with van der Waals surface area (Å²) in [5, 5.41) is 10.2. The molecule has 2 saturated carbocycles. The molecule has 1 aliphatic heterocycles. The minimum absolute atomic E-state index is 0.132. The molecule has 1 aromatic rings. The highest BCUT2D eigenvalue weighted by Crippen LogP contribution is 2.33. The van der Waals surface area contributed by atoms with Gasteiger partial charge in [-0.25, -0.2) is 0 Å². The summed E-state index contributed by atoms with van der Waals surface area (Å²) >= 11 is 0. The van der Waals surface area contributed by atoms with Gasteiger partial charge in [0.05, 0.1) is 6.61 Å². The summed E-state index contributed by atoms with van der Waals surface area (Å²) in [4.78, 5) is 17.4. The van der Waals surface area contributed by atoms with E-state index in [1.807, 2.05) is 12.1 Å². The number of carbonyl (C=O) groups excluding carboxylic acids is 1. The molecule has 0 spiro atoms. The van der Waals surface area contributed by atoms with Crippen LogP contribution in [0.1, 0.15) is 63.4 Å². The molecule has 1 amide bonds.